The zero-order chi connectivity index (χ0) is 13.4. The minimum Gasteiger partial charge on any atom is -0.330 e. The number of halogens is 1. The first kappa shape index (κ1) is 15.0. The lowest BCUT2D eigenvalue weighted by molar-refractivity contribution is -0.116. The molecule has 0 saturated carbocycles. The largest absolute Gasteiger partial charge is 0.330 e. The second-order valence-electron chi connectivity index (χ2n) is 4.25. The maximum absolute atomic E-state index is 11.7. The molecule has 18 heavy (non-hydrogen) atoms. The van der Waals surface area contributed by atoms with Crippen LogP contribution in [0.3, 0.4) is 0 Å². The van der Waals surface area contributed by atoms with Crippen molar-refractivity contribution in [3.05, 3.63) is 29.3 Å². The van der Waals surface area contributed by atoms with Crippen LogP contribution in [0.4, 0.5) is 5.69 Å². The van der Waals surface area contributed by atoms with Gasteiger partial charge < -0.3 is 16.0 Å². The minimum atomic E-state index is -0.00290. The van der Waals surface area contributed by atoms with Crippen molar-refractivity contribution in [2.24, 2.45) is 5.73 Å². The third kappa shape index (κ3) is 6.00. The van der Waals surface area contributed by atoms with Gasteiger partial charge in [-0.3, -0.25) is 4.79 Å². The molecule has 0 aromatic heterocycles. The second kappa shape index (κ2) is 8.08. The van der Waals surface area contributed by atoms with Crippen molar-refractivity contribution in [1.29, 1.82) is 0 Å². The van der Waals surface area contributed by atoms with Gasteiger partial charge in [0.1, 0.15) is 0 Å². The Balaban J connectivity index is 2.29. The van der Waals surface area contributed by atoms with E-state index >= 15 is 0 Å². The van der Waals surface area contributed by atoms with Crippen LogP contribution in [-0.2, 0) is 4.79 Å². The van der Waals surface area contributed by atoms with Gasteiger partial charge in [0.2, 0.25) is 5.91 Å². The third-order valence-corrected chi connectivity index (χ3v) is 2.81. The zero-order valence-electron chi connectivity index (χ0n) is 10.7. The highest BCUT2D eigenvalue weighted by atomic mass is 35.5. The molecule has 0 atom stereocenters. The summed E-state index contributed by atoms with van der Waals surface area (Å²) in [4.78, 5) is 13.8. The van der Waals surface area contributed by atoms with E-state index in [0.29, 0.717) is 18.0 Å². The minimum absolute atomic E-state index is 0.00290. The number of hydrogen-bond donors (Lipinski definition) is 2. The highest BCUT2D eigenvalue weighted by Crippen LogP contribution is 2.14. The lowest BCUT2D eigenvalue weighted by Gasteiger charge is -2.15. The average Bonchev–Trinajstić information content (AvgIpc) is 2.34. The molecule has 0 saturated heterocycles. The van der Waals surface area contributed by atoms with Gasteiger partial charge in [-0.2, -0.15) is 0 Å². The molecule has 0 aliphatic rings. The number of carbonyl (C=O) groups excluding carboxylic acids is 1. The van der Waals surface area contributed by atoms with E-state index in [2.05, 4.69) is 10.2 Å². The van der Waals surface area contributed by atoms with Gasteiger partial charge >= 0.3 is 0 Å². The number of nitrogens with two attached hydrogens (primary N) is 1. The summed E-state index contributed by atoms with van der Waals surface area (Å²) >= 11 is 5.84. The van der Waals surface area contributed by atoms with E-state index in [-0.39, 0.29) is 5.91 Å². The Morgan fingerprint density at radius 3 is 2.89 bits per heavy atom. The van der Waals surface area contributed by atoms with Gasteiger partial charge in [0.25, 0.3) is 0 Å². The van der Waals surface area contributed by atoms with Crippen LogP contribution in [-0.4, -0.2) is 37.5 Å². The van der Waals surface area contributed by atoms with E-state index in [1.807, 2.05) is 19.2 Å². The number of nitrogens with zero attached hydrogens (tertiary/aromatic N) is 1. The van der Waals surface area contributed by atoms with Crippen LogP contribution in [0.25, 0.3) is 0 Å². The van der Waals surface area contributed by atoms with Gasteiger partial charge in [0, 0.05) is 23.7 Å². The molecule has 1 rings (SSSR count). The molecule has 4 nitrogen and oxygen atoms in total. The number of amides is 1. The Bertz CT molecular complexity index is 384. The molecule has 0 spiro atoms. The van der Waals surface area contributed by atoms with Crippen molar-refractivity contribution in [2.45, 2.75) is 12.8 Å². The summed E-state index contributed by atoms with van der Waals surface area (Å²) in [6.07, 6.45) is 1.42. The van der Waals surface area contributed by atoms with Crippen molar-refractivity contribution >= 4 is 23.2 Å². The number of benzene rings is 1. The SMILES string of the molecule is CN(CCCN)CCC(=O)Nc1cccc(Cl)c1. The first-order chi connectivity index (χ1) is 8.61. The molecule has 0 aliphatic carbocycles. The number of anilines is 1. The molecule has 0 unspecified atom stereocenters. The Labute approximate surface area is 113 Å². The van der Waals surface area contributed by atoms with Crippen LogP contribution in [0.1, 0.15) is 12.8 Å². The predicted molar refractivity (Wildman–Crippen MR) is 75.9 cm³/mol. The fourth-order valence-electron chi connectivity index (χ4n) is 1.56. The fraction of sp³-hybridized carbons (Fsp3) is 0.462. The van der Waals surface area contributed by atoms with Gasteiger partial charge in [-0.25, -0.2) is 0 Å². The average molecular weight is 270 g/mol. The number of rotatable bonds is 7. The zero-order valence-corrected chi connectivity index (χ0v) is 11.4. The highest BCUT2D eigenvalue weighted by molar-refractivity contribution is 6.30. The summed E-state index contributed by atoms with van der Waals surface area (Å²) in [5, 5.41) is 3.44. The van der Waals surface area contributed by atoms with Gasteiger partial charge in [0.05, 0.1) is 0 Å². The number of hydrogen-bond acceptors (Lipinski definition) is 3. The van der Waals surface area contributed by atoms with Crippen molar-refractivity contribution in [1.82, 2.24) is 4.90 Å². The summed E-state index contributed by atoms with van der Waals surface area (Å²) in [5.74, 6) is -0.00290. The standard InChI is InChI=1S/C13H20ClN3O/c1-17(8-3-7-15)9-6-13(18)16-12-5-2-4-11(14)10-12/h2,4-5,10H,3,6-9,15H2,1H3,(H,16,18). The molecule has 1 aromatic rings. The molecule has 0 heterocycles. The first-order valence-electron chi connectivity index (χ1n) is 6.06. The van der Waals surface area contributed by atoms with E-state index in [4.69, 9.17) is 17.3 Å². The van der Waals surface area contributed by atoms with Crippen molar-refractivity contribution in [3.63, 3.8) is 0 Å². The van der Waals surface area contributed by atoms with Crippen LogP contribution in [0.2, 0.25) is 5.02 Å². The van der Waals surface area contributed by atoms with Gasteiger partial charge in [-0.1, -0.05) is 17.7 Å². The molecule has 0 fully saturated rings. The molecule has 5 heteroatoms. The van der Waals surface area contributed by atoms with E-state index < -0.39 is 0 Å². The maximum Gasteiger partial charge on any atom is 0.225 e. The molecular weight excluding hydrogens is 250 g/mol. The molecule has 0 aliphatic heterocycles. The maximum atomic E-state index is 11.7. The Morgan fingerprint density at radius 2 is 2.22 bits per heavy atom. The van der Waals surface area contributed by atoms with Crippen molar-refractivity contribution in [3.8, 4) is 0 Å². The normalized spacial score (nSPS) is 10.7. The van der Waals surface area contributed by atoms with Gasteiger partial charge in [-0.15, -0.1) is 0 Å². The van der Waals surface area contributed by atoms with Crippen LogP contribution < -0.4 is 11.1 Å². The van der Waals surface area contributed by atoms with Gasteiger partial charge in [-0.05, 0) is 44.8 Å². The number of nitrogens with one attached hydrogen (secondary N) is 1. The van der Waals surface area contributed by atoms with E-state index in [1.165, 1.54) is 0 Å². The Hall–Kier alpha value is -1.10. The smallest absolute Gasteiger partial charge is 0.225 e. The molecular formula is C13H20ClN3O. The van der Waals surface area contributed by atoms with E-state index in [0.717, 1.165) is 25.2 Å². The van der Waals surface area contributed by atoms with E-state index in [1.54, 1.807) is 12.1 Å². The lowest BCUT2D eigenvalue weighted by atomic mass is 10.3. The molecule has 0 bridgehead atoms. The monoisotopic (exact) mass is 269 g/mol. The first-order valence-corrected chi connectivity index (χ1v) is 6.43. The summed E-state index contributed by atoms with van der Waals surface area (Å²) in [7, 11) is 1.99. The third-order valence-electron chi connectivity index (χ3n) is 2.57. The van der Waals surface area contributed by atoms with Crippen LogP contribution >= 0.6 is 11.6 Å². The van der Waals surface area contributed by atoms with Crippen molar-refractivity contribution < 1.29 is 4.79 Å². The Morgan fingerprint density at radius 1 is 1.44 bits per heavy atom. The van der Waals surface area contributed by atoms with E-state index in [9.17, 15) is 4.79 Å². The fourth-order valence-corrected chi connectivity index (χ4v) is 1.75. The summed E-state index contributed by atoms with van der Waals surface area (Å²) < 4.78 is 0. The second-order valence-corrected chi connectivity index (χ2v) is 4.69. The highest BCUT2D eigenvalue weighted by Gasteiger charge is 2.05. The predicted octanol–water partition coefficient (Wildman–Crippen LogP) is 1.95. The molecule has 100 valence electrons. The van der Waals surface area contributed by atoms with Crippen LogP contribution in [0.15, 0.2) is 24.3 Å². The van der Waals surface area contributed by atoms with Crippen LogP contribution in [0, 0.1) is 0 Å². The molecule has 3 N–H and O–H groups in total. The lowest BCUT2D eigenvalue weighted by Crippen LogP contribution is -2.26. The quantitative estimate of drug-likeness (QED) is 0.795. The molecule has 0 radical (unpaired) electrons. The summed E-state index contributed by atoms with van der Waals surface area (Å²) in [5.41, 5.74) is 6.16. The molecule has 1 amide bonds. The Kier molecular flexibility index (Phi) is 6.72. The summed E-state index contributed by atoms with van der Waals surface area (Å²) in [6.45, 7) is 2.33. The summed E-state index contributed by atoms with van der Waals surface area (Å²) in [6, 6.07) is 7.14. The van der Waals surface area contributed by atoms with Gasteiger partial charge in [0.15, 0.2) is 0 Å². The number of carbonyl (C=O) groups is 1. The molecule has 1 aromatic carbocycles. The van der Waals surface area contributed by atoms with Crippen LogP contribution in [0.5, 0.6) is 0 Å². The topological polar surface area (TPSA) is 58.4 Å². The van der Waals surface area contributed by atoms with Crippen molar-refractivity contribution in [2.75, 3.05) is 32.0 Å².